The lowest BCUT2D eigenvalue weighted by molar-refractivity contribution is -0.175. The summed E-state index contributed by atoms with van der Waals surface area (Å²) in [5.74, 6) is 0. The molecule has 0 amide bonds. The monoisotopic (exact) mass is 371 g/mol. The molecule has 152 valence electrons. The van der Waals surface area contributed by atoms with Gasteiger partial charge in [0.1, 0.15) is 0 Å². The Morgan fingerprint density at radius 3 is 1.37 bits per heavy atom. The Morgan fingerprint density at radius 2 is 0.963 bits per heavy atom. The first-order chi connectivity index (χ1) is 13.4. The summed E-state index contributed by atoms with van der Waals surface area (Å²) in [4.78, 5) is 0. The van der Waals surface area contributed by atoms with Crippen molar-refractivity contribution in [3.63, 3.8) is 0 Å². The minimum Gasteiger partial charge on any atom is -0.103 e. The number of nitrogens with zero attached hydrogens (tertiary/aromatic N) is 1. The first kappa shape index (κ1) is 25.4. The fourth-order valence-electron chi connectivity index (χ4n) is 3.56. The van der Waals surface area contributed by atoms with Crippen molar-refractivity contribution in [3.8, 4) is 0 Å². The van der Waals surface area contributed by atoms with Gasteiger partial charge in [-0.1, -0.05) is 120 Å². The molecular formula is C25H43N2+. The molecule has 0 saturated heterocycles. The topological polar surface area (TPSA) is 47.6 Å². The molecule has 0 aliphatic carbocycles. The molecule has 0 aliphatic heterocycles. The first-order valence-electron chi connectivity index (χ1n) is 11.3. The van der Waals surface area contributed by atoms with Crippen molar-refractivity contribution >= 4 is 0 Å². The van der Waals surface area contributed by atoms with Crippen molar-refractivity contribution in [2.75, 3.05) is 0 Å². The van der Waals surface area contributed by atoms with Gasteiger partial charge < -0.3 is 0 Å². The Hall–Kier alpha value is -1.62. The van der Waals surface area contributed by atoms with Crippen LogP contribution in [0.3, 0.4) is 0 Å². The Kier molecular flexibility index (Phi) is 21.1. The van der Waals surface area contributed by atoms with Crippen LogP contribution in [0.25, 0.3) is 0 Å². The molecule has 0 spiro atoms. The van der Waals surface area contributed by atoms with E-state index in [1.54, 1.807) is 0 Å². The van der Waals surface area contributed by atoms with Crippen LogP contribution in [0.5, 0.6) is 0 Å². The lowest BCUT2D eigenvalue weighted by atomic mass is 10.0. The summed E-state index contributed by atoms with van der Waals surface area (Å²) in [5, 5.41) is 11.0. The van der Waals surface area contributed by atoms with Gasteiger partial charge in [-0.25, -0.2) is 0 Å². The predicted octanol–water partition coefficient (Wildman–Crippen LogP) is 6.94. The molecule has 1 N–H and O–H groups in total. The first-order valence-corrected chi connectivity index (χ1v) is 11.3. The van der Waals surface area contributed by atoms with Crippen LogP contribution >= 0.6 is 0 Å². The number of aryl methyl sites for hydroxylation is 1. The molecule has 1 aromatic rings. The summed E-state index contributed by atoms with van der Waals surface area (Å²) in [6.07, 6.45) is 26.0. The number of hydrogen-bond donors (Lipinski definition) is 1. The van der Waals surface area contributed by atoms with Crippen LogP contribution in [0, 0.1) is 5.39 Å². The van der Waals surface area contributed by atoms with Crippen molar-refractivity contribution in [3.05, 3.63) is 48.6 Å². The molecule has 0 saturated carbocycles. The lowest BCUT2D eigenvalue weighted by Crippen LogP contribution is -2.11. The minimum absolute atomic E-state index is 1.20. The zero-order valence-electron chi connectivity index (χ0n) is 17.6. The molecule has 2 nitrogen and oxygen atoms in total. The van der Waals surface area contributed by atoms with Gasteiger partial charge in [0, 0.05) is 0 Å². The van der Waals surface area contributed by atoms with E-state index >= 15 is 0 Å². The summed E-state index contributed by atoms with van der Waals surface area (Å²) in [5.41, 5.74) is 1.50. The van der Waals surface area contributed by atoms with E-state index in [0.717, 1.165) is 0 Å². The highest BCUT2D eigenvalue weighted by atomic mass is 14.6. The number of unbranched alkanes of at least 4 members (excludes halogenated alkanes) is 15. The number of nitrogens with one attached hydrogen (secondary N) is 1. The molecule has 0 aromatic heterocycles. The molecule has 0 bridgehead atoms. The quantitative estimate of drug-likeness (QED) is 0.170. The summed E-state index contributed by atoms with van der Waals surface area (Å²) in [6, 6.07) is 10.9. The SMILES string of the molecule is C=CCCCCCCCCCCCCCCCCCc1ccccc1.N#[NH+]. The molecule has 0 heterocycles. The highest BCUT2D eigenvalue weighted by Crippen LogP contribution is 2.14. The standard InChI is InChI=1S/C25H42.N2/c1-2-3-4-5-6-7-8-9-10-11-12-13-14-15-16-17-19-22-25-23-20-18-21-24-25;1-2/h2,18,20-21,23-24H,1,3-17,19,22H2;/p+1. The number of benzene rings is 1. The van der Waals surface area contributed by atoms with Gasteiger partial charge in [-0.2, -0.15) is 0 Å². The molecule has 2 heteroatoms. The molecule has 0 radical (unpaired) electrons. The van der Waals surface area contributed by atoms with E-state index in [4.69, 9.17) is 10.8 Å². The Morgan fingerprint density at radius 1 is 0.593 bits per heavy atom. The van der Waals surface area contributed by atoms with Gasteiger partial charge >= 0.3 is 0 Å². The molecule has 1 rings (SSSR count). The molecule has 0 aliphatic rings. The van der Waals surface area contributed by atoms with Crippen LogP contribution < -0.4 is 5.39 Å². The van der Waals surface area contributed by atoms with E-state index in [0.29, 0.717) is 0 Å². The third-order valence-corrected chi connectivity index (χ3v) is 5.22. The van der Waals surface area contributed by atoms with Crippen LogP contribution in [-0.4, -0.2) is 0 Å². The maximum Gasteiger partial charge on any atom is 0.212 e. The van der Waals surface area contributed by atoms with Gasteiger partial charge in [-0.15, -0.1) is 6.58 Å². The van der Waals surface area contributed by atoms with Gasteiger partial charge in [0.15, 0.2) is 0 Å². The Labute approximate surface area is 168 Å². The average molecular weight is 372 g/mol. The van der Waals surface area contributed by atoms with Crippen LogP contribution in [0.2, 0.25) is 0 Å². The predicted molar refractivity (Wildman–Crippen MR) is 117 cm³/mol. The summed E-state index contributed by atoms with van der Waals surface area (Å²) in [7, 11) is 0. The van der Waals surface area contributed by atoms with E-state index in [-0.39, 0.29) is 0 Å². The van der Waals surface area contributed by atoms with Crippen molar-refractivity contribution in [1.29, 1.82) is 5.39 Å². The highest BCUT2D eigenvalue weighted by Gasteiger charge is 1.95. The van der Waals surface area contributed by atoms with E-state index in [1.165, 1.54) is 115 Å². The van der Waals surface area contributed by atoms with Crippen LogP contribution in [0.1, 0.15) is 108 Å². The summed E-state index contributed by atoms with van der Waals surface area (Å²) in [6.45, 7) is 3.78. The van der Waals surface area contributed by atoms with E-state index in [1.807, 2.05) is 6.08 Å². The molecule has 0 fully saturated rings. The number of hydrogen-bond acceptors (Lipinski definition) is 1. The molecule has 27 heavy (non-hydrogen) atoms. The zero-order valence-corrected chi connectivity index (χ0v) is 17.6. The summed E-state index contributed by atoms with van der Waals surface area (Å²) < 4.78 is 0. The second-order valence-corrected chi connectivity index (χ2v) is 7.62. The molecular weight excluding hydrogens is 328 g/mol. The maximum atomic E-state index is 6.25. The zero-order chi connectivity index (χ0) is 19.8. The fourth-order valence-corrected chi connectivity index (χ4v) is 3.56. The molecule has 0 atom stereocenters. The average Bonchev–Trinajstić information content (AvgIpc) is 2.72. The van der Waals surface area contributed by atoms with E-state index in [9.17, 15) is 0 Å². The molecule has 0 unspecified atom stereocenters. The van der Waals surface area contributed by atoms with Gasteiger partial charge in [-0.3, -0.25) is 0 Å². The second kappa shape index (κ2) is 22.4. The summed E-state index contributed by atoms with van der Waals surface area (Å²) >= 11 is 0. The largest absolute Gasteiger partial charge is 0.212 e. The Bertz CT molecular complexity index is 424. The van der Waals surface area contributed by atoms with Gasteiger partial charge in [-0.05, 0) is 31.2 Å². The van der Waals surface area contributed by atoms with Crippen molar-refractivity contribution in [2.24, 2.45) is 0 Å². The number of diazo groups is 1. The lowest BCUT2D eigenvalue weighted by Gasteiger charge is -2.04. The number of allylic oxidation sites excluding steroid dienone is 1. The van der Waals surface area contributed by atoms with E-state index < -0.39 is 0 Å². The van der Waals surface area contributed by atoms with Gasteiger partial charge in [0.25, 0.3) is 0 Å². The highest BCUT2D eigenvalue weighted by molar-refractivity contribution is 5.14. The van der Waals surface area contributed by atoms with Gasteiger partial charge in [0.2, 0.25) is 5.39 Å². The van der Waals surface area contributed by atoms with Crippen LogP contribution in [-0.2, 0) is 6.42 Å². The van der Waals surface area contributed by atoms with Crippen LogP contribution in [0.4, 0.5) is 0 Å². The van der Waals surface area contributed by atoms with Crippen molar-refractivity contribution < 1.29 is 5.39 Å². The second-order valence-electron chi connectivity index (χ2n) is 7.62. The molecule has 1 aromatic carbocycles. The third-order valence-electron chi connectivity index (χ3n) is 5.22. The fraction of sp³-hybridized carbons (Fsp3) is 0.680. The maximum absolute atomic E-state index is 6.25. The van der Waals surface area contributed by atoms with Gasteiger partial charge in [0.05, 0.1) is 5.39 Å². The van der Waals surface area contributed by atoms with Crippen LogP contribution in [0.15, 0.2) is 43.0 Å². The minimum atomic E-state index is 1.20. The normalized spacial score (nSPS) is 10.1. The van der Waals surface area contributed by atoms with Crippen molar-refractivity contribution in [2.45, 2.75) is 109 Å². The Balaban J connectivity index is 0.00000326. The van der Waals surface area contributed by atoms with Crippen molar-refractivity contribution in [1.82, 2.24) is 0 Å². The third kappa shape index (κ3) is 19.0. The number of rotatable bonds is 18. The van der Waals surface area contributed by atoms with E-state index in [2.05, 4.69) is 36.9 Å². The smallest absolute Gasteiger partial charge is 0.103 e.